The van der Waals surface area contributed by atoms with E-state index in [4.69, 9.17) is 0 Å². The molecule has 1 aromatic heterocycles. The Kier molecular flexibility index (Phi) is 4.61. The van der Waals surface area contributed by atoms with E-state index in [2.05, 4.69) is 10.3 Å². The molecule has 0 fully saturated rings. The standard InChI is InChI=1S/C14H16F2N2S/c1-3-17-12(7-13-18-9(2)8-19-13)14-10(15)5-4-6-11(14)16/h4-6,8,12,17H,3,7H2,1-2H3. The van der Waals surface area contributed by atoms with E-state index < -0.39 is 17.7 Å². The Bertz CT molecular complexity index is 534. The number of halogens is 2. The molecule has 0 spiro atoms. The van der Waals surface area contributed by atoms with E-state index in [9.17, 15) is 8.78 Å². The van der Waals surface area contributed by atoms with Crippen LogP contribution in [-0.4, -0.2) is 11.5 Å². The molecule has 1 unspecified atom stereocenters. The first-order chi connectivity index (χ1) is 9.11. The Morgan fingerprint density at radius 1 is 1.32 bits per heavy atom. The van der Waals surface area contributed by atoms with E-state index >= 15 is 0 Å². The molecule has 0 saturated carbocycles. The van der Waals surface area contributed by atoms with Crippen LogP contribution in [0, 0.1) is 18.6 Å². The smallest absolute Gasteiger partial charge is 0.130 e. The fourth-order valence-corrected chi connectivity index (χ4v) is 2.86. The minimum Gasteiger partial charge on any atom is -0.310 e. The second kappa shape index (κ2) is 6.21. The third-order valence-electron chi connectivity index (χ3n) is 2.84. The summed E-state index contributed by atoms with van der Waals surface area (Å²) in [4.78, 5) is 4.35. The van der Waals surface area contributed by atoms with Crippen LogP contribution in [0.25, 0.3) is 0 Å². The summed E-state index contributed by atoms with van der Waals surface area (Å²) in [5.74, 6) is -1.03. The van der Waals surface area contributed by atoms with E-state index in [0.717, 1.165) is 10.7 Å². The summed E-state index contributed by atoms with van der Waals surface area (Å²) in [6.07, 6.45) is 0.490. The third-order valence-corrected chi connectivity index (χ3v) is 3.83. The van der Waals surface area contributed by atoms with Gasteiger partial charge in [-0.15, -0.1) is 11.3 Å². The minimum absolute atomic E-state index is 0.0946. The number of nitrogens with one attached hydrogen (secondary N) is 1. The Balaban J connectivity index is 2.29. The predicted molar refractivity (Wildman–Crippen MR) is 73.3 cm³/mol. The van der Waals surface area contributed by atoms with Gasteiger partial charge in [0.05, 0.1) is 5.01 Å². The zero-order chi connectivity index (χ0) is 13.8. The highest BCUT2D eigenvalue weighted by Crippen LogP contribution is 2.25. The fourth-order valence-electron chi connectivity index (χ4n) is 2.04. The molecule has 0 aliphatic heterocycles. The molecule has 0 bridgehead atoms. The van der Waals surface area contributed by atoms with Crippen molar-refractivity contribution in [1.29, 1.82) is 0 Å². The van der Waals surface area contributed by atoms with E-state index in [1.54, 1.807) is 0 Å². The summed E-state index contributed by atoms with van der Waals surface area (Å²) >= 11 is 1.51. The van der Waals surface area contributed by atoms with Crippen molar-refractivity contribution in [3.8, 4) is 0 Å². The average molecular weight is 282 g/mol. The van der Waals surface area contributed by atoms with Crippen molar-refractivity contribution >= 4 is 11.3 Å². The van der Waals surface area contributed by atoms with Crippen molar-refractivity contribution in [2.75, 3.05) is 6.54 Å². The second-order valence-corrected chi connectivity index (χ2v) is 5.28. The molecule has 0 amide bonds. The molecule has 2 nitrogen and oxygen atoms in total. The molecule has 0 radical (unpaired) electrons. The maximum atomic E-state index is 13.8. The van der Waals surface area contributed by atoms with E-state index in [1.165, 1.54) is 29.5 Å². The molecule has 5 heteroatoms. The molecule has 2 aromatic rings. The normalized spacial score (nSPS) is 12.6. The third kappa shape index (κ3) is 3.36. The van der Waals surface area contributed by atoms with Crippen LogP contribution in [0.5, 0.6) is 0 Å². The maximum absolute atomic E-state index is 13.8. The monoisotopic (exact) mass is 282 g/mol. The summed E-state index contributed by atoms with van der Waals surface area (Å²) < 4.78 is 27.7. The number of hydrogen-bond acceptors (Lipinski definition) is 3. The summed E-state index contributed by atoms with van der Waals surface area (Å²) in [6, 6.07) is 3.56. The van der Waals surface area contributed by atoms with Gasteiger partial charge in [0.15, 0.2) is 0 Å². The SMILES string of the molecule is CCNC(Cc1nc(C)cs1)c1c(F)cccc1F. The first-order valence-corrected chi connectivity index (χ1v) is 7.08. The van der Waals surface area contributed by atoms with Crippen LogP contribution < -0.4 is 5.32 Å². The van der Waals surface area contributed by atoms with Gasteiger partial charge in [-0.05, 0) is 25.6 Å². The number of rotatable bonds is 5. The Labute approximate surface area is 115 Å². The fraction of sp³-hybridized carbons (Fsp3) is 0.357. The van der Waals surface area contributed by atoms with Crippen LogP contribution in [0.1, 0.15) is 29.2 Å². The number of thiazole rings is 1. The van der Waals surface area contributed by atoms with Gasteiger partial charge in [-0.3, -0.25) is 0 Å². The lowest BCUT2D eigenvalue weighted by Gasteiger charge is -2.18. The van der Waals surface area contributed by atoms with Gasteiger partial charge in [-0.25, -0.2) is 13.8 Å². The van der Waals surface area contributed by atoms with Crippen LogP contribution in [0.15, 0.2) is 23.6 Å². The van der Waals surface area contributed by atoms with Crippen molar-refractivity contribution in [3.05, 3.63) is 51.5 Å². The first kappa shape index (κ1) is 14.1. The van der Waals surface area contributed by atoms with Gasteiger partial charge in [0.1, 0.15) is 11.6 Å². The molecule has 1 heterocycles. The lowest BCUT2D eigenvalue weighted by atomic mass is 10.0. The largest absolute Gasteiger partial charge is 0.310 e. The molecule has 0 saturated heterocycles. The maximum Gasteiger partial charge on any atom is 0.130 e. The Morgan fingerprint density at radius 2 is 2.00 bits per heavy atom. The van der Waals surface area contributed by atoms with Gasteiger partial charge in [-0.2, -0.15) is 0 Å². The summed E-state index contributed by atoms with van der Waals surface area (Å²) in [6.45, 7) is 4.47. The van der Waals surface area contributed by atoms with Crippen LogP contribution in [0.2, 0.25) is 0 Å². The van der Waals surface area contributed by atoms with Gasteiger partial charge in [0, 0.05) is 29.1 Å². The van der Waals surface area contributed by atoms with Crippen molar-refractivity contribution < 1.29 is 8.78 Å². The van der Waals surface area contributed by atoms with Gasteiger partial charge in [0.2, 0.25) is 0 Å². The van der Waals surface area contributed by atoms with E-state index in [0.29, 0.717) is 13.0 Å². The number of nitrogens with zero attached hydrogens (tertiary/aromatic N) is 1. The van der Waals surface area contributed by atoms with Gasteiger partial charge in [-0.1, -0.05) is 13.0 Å². The lowest BCUT2D eigenvalue weighted by molar-refractivity contribution is 0.472. The van der Waals surface area contributed by atoms with Crippen LogP contribution in [-0.2, 0) is 6.42 Å². The zero-order valence-electron chi connectivity index (χ0n) is 10.9. The van der Waals surface area contributed by atoms with Crippen LogP contribution in [0.4, 0.5) is 8.78 Å². The molecule has 19 heavy (non-hydrogen) atoms. The summed E-state index contributed by atoms with van der Waals surface area (Å²) in [5, 5.41) is 5.95. The predicted octanol–water partition coefficient (Wildman–Crippen LogP) is 3.62. The number of benzene rings is 1. The highest BCUT2D eigenvalue weighted by atomic mass is 32.1. The molecule has 2 rings (SSSR count). The molecule has 1 aromatic carbocycles. The van der Waals surface area contributed by atoms with Crippen LogP contribution in [0.3, 0.4) is 0 Å². The first-order valence-electron chi connectivity index (χ1n) is 6.20. The van der Waals surface area contributed by atoms with Gasteiger partial charge in [0.25, 0.3) is 0 Å². The van der Waals surface area contributed by atoms with E-state index in [1.807, 2.05) is 19.2 Å². The summed E-state index contributed by atoms with van der Waals surface area (Å²) in [7, 11) is 0. The topological polar surface area (TPSA) is 24.9 Å². The lowest BCUT2D eigenvalue weighted by Crippen LogP contribution is -2.25. The molecule has 1 atom stereocenters. The quantitative estimate of drug-likeness (QED) is 0.906. The highest BCUT2D eigenvalue weighted by Gasteiger charge is 2.20. The second-order valence-electron chi connectivity index (χ2n) is 4.33. The number of aryl methyl sites for hydroxylation is 1. The molecule has 0 aliphatic rings. The van der Waals surface area contributed by atoms with Crippen molar-refractivity contribution in [2.45, 2.75) is 26.3 Å². The Morgan fingerprint density at radius 3 is 2.53 bits per heavy atom. The number of aromatic nitrogens is 1. The minimum atomic E-state index is -0.515. The summed E-state index contributed by atoms with van der Waals surface area (Å²) in [5.41, 5.74) is 1.03. The molecule has 102 valence electrons. The number of likely N-dealkylation sites (N-methyl/N-ethyl adjacent to an activating group) is 1. The highest BCUT2D eigenvalue weighted by molar-refractivity contribution is 7.09. The molecule has 1 N–H and O–H groups in total. The molecular formula is C14H16F2N2S. The zero-order valence-corrected chi connectivity index (χ0v) is 11.7. The van der Waals surface area contributed by atoms with Gasteiger partial charge >= 0.3 is 0 Å². The average Bonchev–Trinajstić information content (AvgIpc) is 2.75. The van der Waals surface area contributed by atoms with Gasteiger partial charge < -0.3 is 5.32 Å². The van der Waals surface area contributed by atoms with Crippen LogP contribution >= 0.6 is 11.3 Å². The van der Waals surface area contributed by atoms with E-state index in [-0.39, 0.29) is 5.56 Å². The van der Waals surface area contributed by atoms with Crippen molar-refractivity contribution in [1.82, 2.24) is 10.3 Å². The van der Waals surface area contributed by atoms with Crippen molar-refractivity contribution in [3.63, 3.8) is 0 Å². The molecular weight excluding hydrogens is 266 g/mol. The van der Waals surface area contributed by atoms with Crippen molar-refractivity contribution in [2.24, 2.45) is 0 Å². The Hall–Kier alpha value is -1.33. The molecule has 0 aliphatic carbocycles. The number of hydrogen-bond donors (Lipinski definition) is 1.